The Hall–Kier alpha value is -2.30. The summed E-state index contributed by atoms with van der Waals surface area (Å²) in [5.41, 5.74) is 4.21. The lowest BCUT2D eigenvalue weighted by atomic mass is 10.1. The van der Waals surface area contributed by atoms with Crippen LogP contribution in [0.2, 0.25) is 10.0 Å². The summed E-state index contributed by atoms with van der Waals surface area (Å²) < 4.78 is 4.37. The number of rotatable bonds is 4. The maximum Gasteiger partial charge on any atom is 0.266 e. The first-order chi connectivity index (χ1) is 13.0. The summed E-state index contributed by atoms with van der Waals surface area (Å²) in [5.74, 6) is 1.10. The van der Waals surface area contributed by atoms with E-state index in [1.807, 2.05) is 0 Å². The average Bonchev–Trinajstić information content (AvgIpc) is 3.23. The number of anilines is 1. The summed E-state index contributed by atoms with van der Waals surface area (Å²) >= 11 is 12.0. The van der Waals surface area contributed by atoms with Crippen LogP contribution in [0.1, 0.15) is 17.8 Å². The maximum absolute atomic E-state index is 12.6. The topological polar surface area (TPSA) is 37.9 Å². The number of nitrogens with zero attached hydrogens (tertiary/aromatic N) is 2. The molecule has 0 atom stereocenters. The lowest BCUT2D eigenvalue weighted by Crippen LogP contribution is -2.42. The van der Waals surface area contributed by atoms with Crippen molar-refractivity contribution in [2.45, 2.75) is 32.9 Å². The van der Waals surface area contributed by atoms with Crippen molar-refractivity contribution in [3.63, 3.8) is 0 Å². The molecule has 0 fully saturated rings. The van der Waals surface area contributed by atoms with E-state index >= 15 is 0 Å². The number of carbonyl (C=O) groups excluding carboxylic acids is 1. The molecule has 1 N–H and O–H groups in total. The zero-order valence-electron chi connectivity index (χ0n) is 15.0. The number of nitrogens with one attached hydrogen (secondary N) is 1. The molecule has 3 aromatic rings. The molecule has 0 radical (unpaired) electrons. The number of halogens is 2. The summed E-state index contributed by atoms with van der Waals surface area (Å²) in [4.78, 5) is 12.6. The van der Waals surface area contributed by atoms with Crippen molar-refractivity contribution in [3.05, 3.63) is 70.1 Å². The van der Waals surface area contributed by atoms with E-state index in [1.54, 1.807) is 18.2 Å². The van der Waals surface area contributed by atoms with Gasteiger partial charge in [-0.2, -0.15) is 0 Å². The Morgan fingerprint density at radius 3 is 2.67 bits per heavy atom. The number of amides is 1. The minimum Gasteiger partial charge on any atom is -0.323 e. The Morgan fingerprint density at radius 1 is 1.15 bits per heavy atom. The highest BCUT2D eigenvalue weighted by Gasteiger charge is 2.29. The van der Waals surface area contributed by atoms with Crippen LogP contribution in [-0.4, -0.2) is 10.5 Å². The summed E-state index contributed by atoms with van der Waals surface area (Å²) in [7, 11) is 0. The first-order valence-electron chi connectivity index (χ1n) is 8.95. The number of hydrogen-bond acceptors (Lipinski definition) is 1. The Morgan fingerprint density at radius 2 is 1.93 bits per heavy atom. The molecule has 0 saturated carbocycles. The Balaban J connectivity index is 1.57. The van der Waals surface area contributed by atoms with Crippen molar-refractivity contribution in [2.24, 2.45) is 0 Å². The van der Waals surface area contributed by atoms with Gasteiger partial charge in [0.1, 0.15) is 6.20 Å². The van der Waals surface area contributed by atoms with E-state index < -0.39 is 0 Å². The standard InChI is InChI=1S/C21H19Cl2N3O/c1-14-4-6-15(7-5-14)19-12-25(21-3-2-10-26(19)21)13-20(27)24-16-8-9-17(22)18(23)11-16/h4-9,11-12H,2-3,10,13H2,1H3/p+1. The first-order valence-corrected chi connectivity index (χ1v) is 9.70. The van der Waals surface area contributed by atoms with Gasteiger partial charge in [-0.05, 0) is 31.5 Å². The molecule has 0 bridgehead atoms. The molecule has 2 heterocycles. The Kier molecular flexibility index (Phi) is 4.94. The van der Waals surface area contributed by atoms with Crippen LogP contribution < -0.4 is 9.88 Å². The monoisotopic (exact) mass is 400 g/mol. The summed E-state index contributed by atoms with van der Waals surface area (Å²) in [5, 5.41) is 3.79. The molecule has 6 heteroatoms. The predicted molar refractivity (Wildman–Crippen MR) is 108 cm³/mol. The number of aromatic nitrogens is 2. The van der Waals surface area contributed by atoms with Gasteiger partial charge < -0.3 is 5.32 Å². The fourth-order valence-corrected chi connectivity index (χ4v) is 3.83. The van der Waals surface area contributed by atoms with Crippen molar-refractivity contribution >= 4 is 34.8 Å². The van der Waals surface area contributed by atoms with Crippen LogP contribution >= 0.6 is 23.2 Å². The van der Waals surface area contributed by atoms with Gasteiger partial charge in [0.05, 0.1) is 23.0 Å². The van der Waals surface area contributed by atoms with Gasteiger partial charge in [-0.25, -0.2) is 9.13 Å². The van der Waals surface area contributed by atoms with E-state index in [0.29, 0.717) is 15.7 Å². The van der Waals surface area contributed by atoms with Crippen LogP contribution in [0.15, 0.2) is 48.7 Å². The second-order valence-corrected chi connectivity index (χ2v) is 7.67. The van der Waals surface area contributed by atoms with Gasteiger partial charge in [0.2, 0.25) is 0 Å². The summed E-state index contributed by atoms with van der Waals surface area (Å²) in [6.07, 6.45) is 4.16. The molecule has 1 amide bonds. The summed E-state index contributed by atoms with van der Waals surface area (Å²) in [6, 6.07) is 13.6. The Labute approximate surface area is 168 Å². The van der Waals surface area contributed by atoms with Crippen LogP contribution in [0.25, 0.3) is 11.3 Å². The minimum absolute atomic E-state index is 0.0888. The molecule has 27 heavy (non-hydrogen) atoms. The highest BCUT2D eigenvalue weighted by Crippen LogP contribution is 2.26. The Bertz CT molecular complexity index is 1010. The normalized spacial score (nSPS) is 12.9. The van der Waals surface area contributed by atoms with E-state index in [-0.39, 0.29) is 12.5 Å². The zero-order valence-corrected chi connectivity index (χ0v) is 16.5. The molecule has 0 saturated heterocycles. The number of hydrogen-bond donors (Lipinski definition) is 1. The molecular formula is C21H20Cl2N3O+. The molecule has 4 rings (SSSR count). The lowest BCUT2D eigenvalue weighted by Gasteiger charge is -2.05. The van der Waals surface area contributed by atoms with Crippen molar-refractivity contribution in [1.82, 2.24) is 4.57 Å². The molecule has 2 aromatic carbocycles. The van der Waals surface area contributed by atoms with Gasteiger partial charge in [-0.1, -0.05) is 53.0 Å². The number of carbonyl (C=O) groups is 1. The van der Waals surface area contributed by atoms with Crippen LogP contribution in [-0.2, 0) is 24.3 Å². The fraction of sp³-hybridized carbons (Fsp3) is 0.238. The van der Waals surface area contributed by atoms with E-state index in [2.05, 4.69) is 51.8 Å². The average molecular weight is 401 g/mol. The van der Waals surface area contributed by atoms with Gasteiger partial charge in [-0.3, -0.25) is 4.79 Å². The smallest absolute Gasteiger partial charge is 0.266 e. The fourth-order valence-electron chi connectivity index (χ4n) is 3.53. The lowest BCUT2D eigenvalue weighted by molar-refractivity contribution is -0.690. The number of fused-ring (bicyclic) bond motifs is 1. The third-order valence-electron chi connectivity index (χ3n) is 4.86. The number of benzene rings is 2. The highest BCUT2D eigenvalue weighted by molar-refractivity contribution is 6.42. The van der Waals surface area contributed by atoms with E-state index in [0.717, 1.165) is 25.1 Å². The van der Waals surface area contributed by atoms with Crippen LogP contribution in [0.4, 0.5) is 5.69 Å². The molecule has 0 aliphatic carbocycles. The first kappa shape index (κ1) is 18.1. The molecule has 1 aliphatic rings. The van der Waals surface area contributed by atoms with E-state index in [9.17, 15) is 4.79 Å². The van der Waals surface area contributed by atoms with Crippen LogP contribution in [0.5, 0.6) is 0 Å². The molecule has 1 aromatic heterocycles. The SMILES string of the molecule is Cc1ccc(-c2c[n+](CC(=O)Nc3ccc(Cl)c(Cl)c3)c3n2CCC3)cc1. The van der Waals surface area contributed by atoms with Crippen molar-refractivity contribution in [1.29, 1.82) is 0 Å². The van der Waals surface area contributed by atoms with Crippen molar-refractivity contribution in [2.75, 3.05) is 5.32 Å². The second-order valence-electron chi connectivity index (χ2n) is 6.86. The third-order valence-corrected chi connectivity index (χ3v) is 5.60. The van der Waals surface area contributed by atoms with Crippen LogP contribution in [0, 0.1) is 6.92 Å². The molecule has 4 nitrogen and oxygen atoms in total. The number of imidazole rings is 1. The molecule has 0 spiro atoms. The molecule has 138 valence electrons. The van der Waals surface area contributed by atoms with Gasteiger partial charge in [0.25, 0.3) is 11.7 Å². The number of aryl methyl sites for hydroxylation is 1. The van der Waals surface area contributed by atoms with Crippen molar-refractivity contribution in [3.8, 4) is 11.3 Å². The molecular weight excluding hydrogens is 381 g/mol. The quantitative estimate of drug-likeness (QED) is 0.636. The third kappa shape index (κ3) is 3.73. The van der Waals surface area contributed by atoms with Gasteiger partial charge in [-0.15, -0.1) is 0 Å². The minimum atomic E-state index is -0.0888. The predicted octanol–water partition coefficient (Wildman–Crippen LogP) is 4.64. The second kappa shape index (κ2) is 7.37. The van der Waals surface area contributed by atoms with Gasteiger partial charge in [0, 0.05) is 11.3 Å². The summed E-state index contributed by atoms with van der Waals surface area (Å²) in [6.45, 7) is 3.33. The molecule has 1 aliphatic heterocycles. The van der Waals surface area contributed by atoms with Gasteiger partial charge >= 0.3 is 0 Å². The van der Waals surface area contributed by atoms with Crippen molar-refractivity contribution < 1.29 is 9.36 Å². The van der Waals surface area contributed by atoms with E-state index in [1.165, 1.54) is 17.0 Å². The highest BCUT2D eigenvalue weighted by atomic mass is 35.5. The van der Waals surface area contributed by atoms with Gasteiger partial charge in [0.15, 0.2) is 12.2 Å². The molecule has 0 unspecified atom stereocenters. The maximum atomic E-state index is 12.6. The largest absolute Gasteiger partial charge is 0.323 e. The van der Waals surface area contributed by atoms with E-state index in [4.69, 9.17) is 23.2 Å². The van der Waals surface area contributed by atoms with Crippen LogP contribution in [0.3, 0.4) is 0 Å². The zero-order chi connectivity index (χ0) is 19.0.